The van der Waals surface area contributed by atoms with Gasteiger partial charge in [0.1, 0.15) is 0 Å². The Balaban J connectivity index is 1.87. The molecule has 0 saturated heterocycles. The Hall–Kier alpha value is -4.00. The molecule has 0 saturated carbocycles. The van der Waals surface area contributed by atoms with Crippen molar-refractivity contribution in [3.8, 4) is 0 Å². The molecule has 0 bridgehead atoms. The van der Waals surface area contributed by atoms with Gasteiger partial charge in [-0.05, 0) is 44.2 Å². The lowest BCUT2D eigenvalue weighted by molar-refractivity contribution is -0.384. The first kappa shape index (κ1) is 19.8. The minimum absolute atomic E-state index is 0.0221. The Morgan fingerprint density at radius 1 is 0.724 bits per heavy atom. The summed E-state index contributed by atoms with van der Waals surface area (Å²) < 4.78 is 0. The zero-order chi connectivity index (χ0) is 21.0. The molecule has 0 spiro atoms. The van der Waals surface area contributed by atoms with Gasteiger partial charge in [-0.15, -0.1) is 0 Å². The number of aryl methyl sites for hydroxylation is 2. The highest BCUT2D eigenvalue weighted by Crippen LogP contribution is 2.20. The molecule has 0 radical (unpaired) electrons. The molecule has 0 unspecified atom stereocenters. The predicted molar refractivity (Wildman–Crippen MR) is 111 cm³/mol. The van der Waals surface area contributed by atoms with Crippen molar-refractivity contribution in [2.75, 3.05) is 10.6 Å². The quantitative estimate of drug-likeness (QED) is 0.487. The Kier molecular flexibility index (Phi) is 5.69. The monoisotopic (exact) mass is 389 g/mol. The fourth-order valence-corrected chi connectivity index (χ4v) is 2.66. The van der Waals surface area contributed by atoms with Crippen LogP contribution < -0.4 is 10.6 Å². The van der Waals surface area contributed by atoms with E-state index in [-0.39, 0.29) is 16.8 Å². The van der Waals surface area contributed by atoms with Crippen molar-refractivity contribution in [3.05, 3.63) is 99.1 Å². The molecular formula is C22H19N3O4. The highest BCUT2D eigenvalue weighted by Gasteiger charge is 2.18. The minimum Gasteiger partial charge on any atom is -0.322 e. The topological polar surface area (TPSA) is 101 Å². The van der Waals surface area contributed by atoms with Crippen molar-refractivity contribution in [1.29, 1.82) is 0 Å². The molecule has 0 aliphatic heterocycles. The van der Waals surface area contributed by atoms with Gasteiger partial charge in [-0.3, -0.25) is 19.7 Å². The summed E-state index contributed by atoms with van der Waals surface area (Å²) in [7, 11) is 0. The molecule has 7 heteroatoms. The first-order valence-electron chi connectivity index (χ1n) is 8.87. The number of rotatable bonds is 5. The number of anilines is 2. The molecule has 146 valence electrons. The summed E-state index contributed by atoms with van der Waals surface area (Å²) in [5.74, 6) is -1.08. The summed E-state index contributed by atoms with van der Waals surface area (Å²) in [6.45, 7) is 3.84. The molecule has 0 aliphatic carbocycles. The van der Waals surface area contributed by atoms with Crippen molar-refractivity contribution in [2.24, 2.45) is 0 Å². The number of nitrogens with zero attached hydrogens (tertiary/aromatic N) is 1. The lowest BCUT2D eigenvalue weighted by atomic mass is 10.1. The largest absolute Gasteiger partial charge is 0.322 e. The fraction of sp³-hybridized carbons (Fsp3) is 0.0909. The number of nitrogens with one attached hydrogen (secondary N) is 2. The zero-order valence-corrected chi connectivity index (χ0v) is 15.9. The molecule has 0 aromatic heterocycles. The van der Waals surface area contributed by atoms with Crippen LogP contribution in [0.2, 0.25) is 0 Å². The third-order valence-corrected chi connectivity index (χ3v) is 4.27. The first-order valence-corrected chi connectivity index (χ1v) is 8.87. The van der Waals surface area contributed by atoms with Gasteiger partial charge in [0.05, 0.1) is 4.92 Å². The number of carbonyl (C=O) groups is 2. The van der Waals surface area contributed by atoms with Crippen LogP contribution in [-0.2, 0) is 0 Å². The molecule has 3 aromatic rings. The van der Waals surface area contributed by atoms with E-state index in [2.05, 4.69) is 10.6 Å². The number of amides is 2. The van der Waals surface area contributed by atoms with E-state index in [9.17, 15) is 19.7 Å². The third kappa shape index (κ3) is 5.04. The summed E-state index contributed by atoms with van der Waals surface area (Å²) in [6.07, 6.45) is 0. The number of hydrogen-bond donors (Lipinski definition) is 2. The van der Waals surface area contributed by atoms with Gasteiger partial charge < -0.3 is 10.6 Å². The standard InChI is InChI=1S/C22H19N3O4/c1-14-3-7-18(8-4-14)23-21(26)16-11-17(13-20(12-16)25(28)29)22(27)24-19-9-5-15(2)6-10-19/h3-13H,1-2H3,(H,23,26)(H,24,27). The van der Waals surface area contributed by atoms with E-state index in [4.69, 9.17) is 0 Å². The Morgan fingerprint density at radius 2 is 1.10 bits per heavy atom. The number of carbonyl (C=O) groups excluding carboxylic acids is 2. The average molecular weight is 389 g/mol. The fourth-order valence-electron chi connectivity index (χ4n) is 2.66. The van der Waals surface area contributed by atoms with Crippen LogP contribution in [0.3, 0.4) is 0 Å². The van der Waals surface area contributed by atoms with Gasteiger partial charge >= 0.3 is 0 Å². The zero-order valence-electron chi connectivity index (χ0n) is 15.9. The molecule has 3 aromatic carbocycles. The second-order valence-corrected chi connectivity index (χ2v) is 6.67. The van der Waals surface area contributed by atoms with Crippen LogP contribution in [0.5, 0.6) is 0 Å². The van der Waals surface area contributed by atoms with Crippen molar-refractivity contribution >= 4 is 28.9 Å². The third-order valence-electron chi connectivity index (χ3n) is 4.27. The van der Waals surface area contributed by atoms with Gasteiger partial charge in [0.2, 0.25) is 0 Å². The van der Waals surface area contributed by atoms with Gasteiger partial charge in [0.15, 0.2) is 0 Å². The molecule has 3 rings (SSSR count). The molecule has 29 heavy (non-hydrogen) atoms. The van der Waals surface area contributed by atoms with E-state index in [1.54, 1.807) is 24.3 Å². The maximum atomic E-state index is 12.6. The molecule has 0 heterocycles. The Morgan fingerprint density at radius 3 is 1.45 bits per heavy atom. The Bertz CT molecular complexity index is 996. The van der Waals surface area contributed by atoms with E-state index in [0.717, 1.165) is 23.3 Å². The lowest BCUT2D eigenvalue weighted by Crippen LogP contribution is -2.16. The van der Waals surface area contributed by atoms with Crippen LogP contribution in [-0.4, -0.2) is 16.7 Å². The maximum absolute atomic E-state index is 12.6. The second kappa shape index (κ2) is 8.35. The molecule has 0 fully saturated rings. The van der Waals surface area contributed by atoms with Crippen molar-refractivity contribution < 1.29 is 14.5 Å². The summed E-state index contributed by atoms with van der Waals surface area (Å²) in [5, 5.41) is 16.6. The maximum Gasteiger partial charge on any atom is 0.271 e. The number of benzene rings is 3. The molecule has 0 aliphatic rings. The van der Waals surface area contributed by atoms with Crippen molar-refractivity contribution in [3.63, 3.8) is 0 Å². The van der Waals surface area contributed by atoms with Gasteiger partial charge in [-0.25, -0.2) is 0 Å². The van der Waals surface area contributed by atoms with Crippen LogP contribution in [0.25, 0.3) is 0 Å². The second-order valence-electron chi connectivity index (χ2n) is 6.67. The van der Waals surface area contributed by atoms with Crippen molar-refractivity contribution in [1.82, 2.24) is 0 Å². The Labute approximate surface area is 167 Å². The lowest BCUT2D eigenvalue weighted by Gasteiger charge is -2.09. The SMILES string of the molecule is Cc1ccc(NC(=O)c2cc(C(=O)Nc3ccc(C)cc3)cc([N+](=O)[O-])c2)cc1. The molecule has 2 N–H and O–H groups in total. The normalized spacial score (nSPS) is 10.3. The van der Waals surface area contributed by atoms with Crippen molar-refractivity contribution in [2.45, 2.75) is 13.8 Å². The van der Waals surface area contributed by atoms with E-state index in [0.29, 0.717) is 11.4 Å². The van der Waals surface area contributed by atoms with E-state index >= 15 is 0 Å². The van der Waals surface area contributed by atoms with E-state index < -0.39 is 16.7 Å². The molecule has 0 atom stereocenters. The van der Waals surface area contributed by atoms with Gasteiger partial charge in [0.25, 0.3) is 17.5 Å². The van der Waals surface area contributed by atoms with Crippen LogP contribution in [0, 0.1) is 24.0 Å². The summed E-state index contributed by atoms with van der Waals surface area (Å²) in [6, 6.07) is 17.9. The predicted octanol–water partition coefficient (Wildman–Crippen LogP) is 4.72. The van der Waals surface area contributed by atoms with Gasteiger partial charge in [-0.1, -0.05) is 35.4 Å². The van der Waals surface area contributed by atoms with Crippen LogP contribution in [0.15, 0.2) is 66.7 Å². The molecule has 7 nitrogen and oxygen atoms in total. The molecule has 2 amide bonds. The highest BCUT2D eigenvalue weighted by molar-refractivity contribution is 6.09. The summed E-state index contributed by atoms with van der Waals surface area (Å²) in [5.41, 5.74) is 2.88. The molecular weight excluding hydrogens is 370 g/mol. The smallest absolute Gasteiger partial charge is 0.271 e. The van der Waals surface area contributed by atoms with Crippen LogP contribution in [0.4, 0.5) is 17.1 Å². The van der Waals surface area contributed by atoms with E-state index in [1.807, 2.05) is 38.1 Å². The number of non-ortho nitro benzene ring substituents is 1. The van der Waals surface area contributed by atoms with Gasteiger partial charge in [0, 0.05) is 34.6 Å². The highest BCUT2D eigenvalue weighted by atomic mass is 16.6. The summed E-state index contributed by atoms with van der Waals surface area (Å²) >= 11 is 0. The minimum atomic E-state index is -0.634. The summed E-state index contributed by atoms with van der Waals surface area (Å²) in [4.78, 5) is 35.8. The first-order chi connectivity index (χ1) is 13.8. The van der Waals surface area contributed by atoms with Crippen LogP contribution >= 0.6 is 0 Å². The number of nitro groups is 1. The van der Waals surface area contributed by atoms with Gasteiger partial charge in [-0.2, -0.15) is 0 Å². The average Bonchev–Trinajstić information content (AvgIpc) is 2.71. The number of hydrogen-bond acceptors (Lipinski definition) is 4. The number of nitro benzene ring substituents is 1. The van der Waals surface area contributed by atoms with Crippen LogP contribution in [0.1, 0.15) is 31.8 Å². The van der Waals surface area contributed by atoms with E-state index in [1.165, 1.54) is 6.07 Å².